The number of nitrogens with zero attached hydrogens (tertiary/aromatic N) is 1. The van der Waals surface area contributed by atoms with Gasteiger partial charge in [0.2, 0.25) is 10.0 Å². The molecule has 0 radical (unpaired) electrons. The van der Waals surface area contributed by atoms with Crippen molar-refractivity contribution in [2.45, 2.75) is 36.7 Å². The van der Waals surface area contributed by atoms with Crippen LogP contribution >= 0.6 is 11.6 Å². The first-order valence-corrected chi connectivity index (χ1v) is 13.2. The Kier molecular flexibility index (Phi) is 7.56. The summed E-state index contributed by atoms with van der Waals surface area (Å²) in [5.74, 6) is -0.127. The Hall–Kier alpha value is -2.87. The molecule has 34 heavy (non-hydrogen) atoms. The summed E-state index contributed by atoms with van der Waals surface area (Å²) in [6.45, 7) is 3.26. The van der Waals surface area contributed by atoms with Gasteiger partial charge in [-0.2, -0.15) is 0 Å². The molecular formula is C26H28ClN3O3S. The zero-order valence-corrected chi connectivity index (χ0v) is 20.5. The molecule has 4 rings (SSSR count). The van der Waals surface area contributed by atoms with Gasteiger partial charge in [-0.3, -0.25) is 4.79 Å². The van der Waals surface area contributed by atoms with E-state index in [9.17, 15) is 13.2 Å². The number of hydrogen-bond donors (Lipinski definition) is 2. The molecule has 8 heteroatoms. The van der Waals surface area contributed by atoms with Crippen molar-refractivity contribution in [1.29, 1.82) is 0 Å². The minimum atomic E-state index is -3.61. The fraction of sp³-hybridized carbons (Fsp3) is 0.269. The second-order valence-corrected chi connectivity index (χ2v) is 10.6. The van der Waals surface area contributed by atoms with E-state index in [1.165, 1.54) is 12.1 Å². The average molecular weight is 498 g/mol. The van der Waals surface area contributed by atoms with Gasteiger partial charge < -0.3 is 10.2 Å². The number of carbonyl (C=O) groups excluding carboxylic acids is 1. The first-order chi connectivity index (χ1) is 16.3. The number of hydrogen-bond acceptors (Lipinski definition) is 4. The minimum absolute atomic E-state index is 0.116. The van der Waals surface area contributed by atoms with E-state index in [0.29, 0.717) is 36.5 Å². The van der Waals surface area contributed by atoms with Crippen LogP contribution in [0.2, 0.25) is 5.02 Å². The third kappa shape index (κ3) is 5.78. The maximum Gasteiger partial charge on any atom is 0.253 e. The van der Waals surface area contributed by atoms with E-state index in [-0.39, 0.29) is 22.9 Å². The molecule has 0 bridgehead atoms. The lowest BCUT2D eigenvalue weighted by atomic mass is 10.0. The summed E-state index contributed by atoms with van der Waals surface area (Å²) in [7, 11) is -3.61. The third-order valence-electron chi connectivity index (χ3n) is 6.08. The highest BCUT2D eigenvalue weighted by Crippen LogP contribution is 2.26. The molecule has 0 aromatic heterocycles. The maximum atomic E-state index is 13.1. The standard InChI is InChI=1S/C26H28ClN3O3S/c1-19(20-7-3-2-4-8-20)28-26(31)24-9-5-6-10-25(24)30-17-15-22(16-18-30)29-34(32,33)23-13-11-21(27)12-14-23/h2-14,19,22,29H,15-18H2,1H3,(H,28,31)/t19-/m0/s1. The number of piperidine rings is 1. The van der Waals surface area contributed by atoms with Gasteiger partial charge in [-0.05, 0) is 61.7 Å². The minimum Gasteiger partial charge on any atom is -0.371 e. The van der Waals surface area contributed by atoms with Gasteiger partial charge in [0.1, 0.15) is 0 Å². The second-order valence-electron chi connectivity index (χ2n) is 8.46. The fourth-order valence-electron chi connectivity index (χ4n) is 4.18. The van der Waals surface area contributed by atoms with Crippen LogP contribution < -0.4 is 14.9 Å². The number of carbonyl (C=O) groups is 1. The molecule has 1 saturated heterocycles. The zero-order valence-electron chi connectivity index (χ0n) is 18.9. The van der Waals surface area contributed by atoms with E-state index in [1.807, 2.05) is 61.5 Å². The Balaban J connectivity index is 1.40. The SMILES string of the molecule is C[C@H](NC(=O)c1ccccc1N1CCC(NS(=O)(=O)c2ccc(Cl)cc2)CC1)c1ccccc1. The van der Waals surface area contributed by atoms with E-state index in [1.54, 1.807) is 12.1 Å². The largest absolute Gasteiger partial charge is 0.371 e. The lowest BCUT2D eigenvalue weighted by Gasteiger charge is -2.34. The van der Waals surface area contributed by atoms with Crippen molar-refractivity contribution in [2.75, 3.05) is 18.0 Å². The van der Waals surface area contributed by atoms with Gasteiger partial charge in [0.15, 0.2) is 0 Å². The van der Waals surface area contributed by atoms with Gasteiger partial charge in [0, 0.05) is 29.8 Å². The van der Waals surface area contributed by atoms with Gasteiger partial charge in [-0.1, -0.05) is 54.1 Å². The predicted octanol–water partition coefficient (Wildman–Crippen LogP) is 4.78. The van der Waals surface area contributed by atoms with Crippen LogP contribution in [-0.2, 0) is 10.0 Å². The molecule has 0 unspecified atom stereocenters. The van der Waals surface area contributed by atoms with Gasteiger partial charge in [-0.15, -0.1) is 0 Å². The topological polar surface area (TPSA) is 78.5 Å². The normalized spacial score (nSPS) is 15.6. The van der Waals surface area contributed by atoms with E-state index in [4.69, 9.17) is 11.6 Å². The van der Waals surface area contributed by atoms with Crippen LogP contribution in [0, 0.1) is 0 Å². The number of nitrogens with one attached hydrogen (secondary N) is 2. The third-order valence-corrected chi connectivity index (χ3v) is 7.87. The summed E-state index contributed by atoms with van der Waals surface area (Å²) >= 11 is 5.87. The van der Waals surface area contributed by atoms with Crippen molar-refractivity contribution in [3.8, 4) is 0 Å². The number of rotatable bonds is 7. The molecule has 1 heterocycles. The quantitative estimate of drug-likeness (QED) is 0.492. The molecule has 1 amide bonds. The summed E-state index contributed by atoms with van der Waals surface area (Å²) < 4.78 is 28.2. The van der Waals surface area contributed by atoms with Crippen molar-refractivity contribution in [3.63, 3.8) is 0 Å². The van der Waals surface area contributed by atoms with Crippen molar-refractivity contribution in [2.24, 2.45) is 0 Å². The number of para-hydroxylation sites is 1. The molecule has 178 valence electrons. The molecule has 1 aliphatic rings. The zero-order chi connectivity index (χ0) is 24.1. The molecule has 1 aliphatic heterocycles. The van der Waals surface area contributed by atoms with E-state index < -0.39 is 10.0 Å². The van der Waals surface area contributed by atoms with Crippen LogP contribution in [0.1, 0.15) is 41.7 Å². The molecule has 1 fully saturated rings. The lowest BCUT2D eigenvalue weighted by Crippen LogP contribution is -2.45. The van der Waals surface area contributed by atoms with Crippen LogP contribution in [0.15, 0.2) is 83.8 Å². The molecule has 0 aliphatic carbocycles. The Morgan fingerprint density at radius 1 is 0.941 bits per heavy atom. The number of anilines is 1. The van der Waals surface area contributed by atoms with Crippen LogP contribution in [0.4, 0.5) is 5.69 Å². The highest BCUT2D eigenvalue weighted by Gasteiger charge is 2.26. The summed E-state index contributed by atoms with van der Waals surface area (Å²) in [5.41, 5.74) is 2.52. The molecule has 1 atom stereocenters. The summed E-state index contributed by atoms with van der Waals surface area (Å²) in [6, 6.07) is 23.3. The number of amides is 1. The summed E-state index contributed by atoms with van der Waals surface area (Å²) in [5, 5.41) is 3.58. The highest BCUT2D eigenvalue weighted by atomic mass is 35.5. The van der Waals surface area contributed by atoms with Crippen molar-refractivity contribution >= 4 is 33.2 Å². The van der Waals surface area contributed by atoms with Gasteiger partial charge in [-0.25, -0.2) is 13.1 Å². The van der Waals surface area contributed by atoms with Crippen LogP contribution in [-0.4, -0.2) is 33.5 Å². The smallest absolute Gasteiger partial charge is 0.253 e. The monoisotopic (exact) mass is 497 g/mol. The Labute approximate surface area is 206 Å². The molecule has 0 saturated carbocycles. The van der Waals surface area contributed by atoms with E-state index in [2.05, 4.69) is 14.9 Å². The molecule has 2 N–H and O–H groups in total. The molecule has 3 aromatic rings. The highest BCUT2D eigenvalue weighted by molar-refractivity contribution is 7.89. The van der Waals surface area contributed by atoms with Crippen molar-refractivity contribution in [3.05, 3.63) is 95.0 Å². The van der Waals surface area contributed by atoms with E-state index >= 15 is 0 Å². The Morgan fingerprint density at radius 2 is 1.56 bits per heavy atom. The first-order valence-electron chi connectivity index (χ1n) is 11.3. The maximum absolute atomic E-state index is 13.1. The molecule has 0 spiro atoms. The predicted molar refractivity (Wildman–Crippen MR) is 136 cm³/mol. The first kappa shape index (κ1) is 24.3. The number of halogens is 1. The van der Waals surface area contributed by atoms with Crippen molar-refractivity contribution in [1.82, 2.24) is 10.0 Å². The van der Waals surface area contributed by atoms with Crippen LogP contribution in [0.3, 0.4) is 0 Å². The second kappa shape index (κ2) is 10.6. The van der Waals surface area contributed by atoms with Gasteiger partial charge in [0.05, 0.1) is 16.5 Å². The van der Waals surface area contributed by atoms with E-state index in [0.717, 1.165) is 11.3 Å². The Morgan fingerprint density at radius 3 is 2.24 bits per heavy atom. The van der Waals surface area contributed by atoms with Crippen molar-refractivity contribution < 1.29 is 13.2 Å². The number of sulfonamides is 1. The molecule has 3 aromatic carbocycles. The number of benzene rings is 3. The Bertz CT molecular complexity index is 1230. The lowest BCUT2D eigenvalue weighted by molar-refractivity contribution is 0.0940. The molecule has 6 nitrogen and oxygen atoms in total. The van der Waals surface area contributed by atoms with Gasteiger partial charge in [0.25, 0.3) is 5.91 Å². The van der Waals surface area contributed by atoms with Crippen LogP contribution in [0.25, 0.3) is 0 Å². The van der Waals surface area contributed by atoms with Crippen LogP contribution in [0.5, 0.6) is 0 Å². The fourth-order valence-corrected chi connectivity index (χ4v) is 5.61. The molecular weight excluding hydrogens is 470 g/mol. The summed E-state index contributed by atoms with van der Waals surface area (Å²) in [6.07, 6.45) is 1.28. The average Bonchev–Trinajstić information content (AvgIpc) is 2.85. The van der Waals surface area contributed by atoms with Gasteiger partial charge >= 0.3 is 0 Å². The summed E-state index contributed by atoms with van der Waals surface area (Å²) in [4.78, 5) is 15.4.